The lowest BCUT2D eigenvalue weighted by atomic mass is 10.1. The lowest BCUT2D eigenvalue weighted by molar-refractivity contribution is 0.0600. The van der Waals surface area contributed by atoms with E-state index in [0.29, 0.717) is 24.5 Å². The number of methoxy groups -OCH3 is 1. The maximum atomic E-state index is 12.7. The zero-order valence-corrected chi connectivity index (χ0v) is 16.6. The van der Waals surface area contributed by atoms with Crippen LogP contribution in [-0.2, 0) is 11.3 Å². The van der Waals surface area contributed by atoms with E-state index in [4.69, 9.17) is 9.47 Å². The third-order valence-corrected chi connectivity index (χ3v) is 4.40. The van der Waals surface area contributed by atoms with Crippen LogP contribution in [-0.4, -0.2) is 36.7 Å². The third kappa shape index (κ3) is 4.74. The van der Waals surface area contributed by atoms with E-state index in [1.807, 2.05) is 38.1 Å². The number of carbonyl (C=O) groups is 2. The quantitative estimate of drug-likeness (QED) is 0.797. The molecular formula is C20H24N2O4S. The number of benzene rings is 2. The number of carbonyl (C=O) groups excluding carboxylic acids is 2. The lowest BCUT2D eigenvalue weighted by Gasteiger charge is -2.26. The van der Waals surface area contributed by atoms with Gasteiger partial charge in [-0.15, -0.1) is 0 Å². The van der Waals surface area contributed by atoms with Crippen LogP contribution >= 0.6 is 13.5 Å². The fraction of sp³-hybridized carbons (Fsp3) is 0.300. The minimum Gasteiger partial charge on any atom is -0.491 e. The van der Waals surface area contributed by atoms with Crippen LogP contribution in [0, 0.1) is 6.92 Å². The Hall–Kier alpha value is -2.67. The zero-order chi connectivity index (χ0) is 18.7. The van der Waals surface area contributed by atoms with Crippen molar-refractivity contribution >= 4 is 31.2 Å². The number of esters is 1. The minimum absolute atomic E-state index is 0. The summed E-state index contributed by atoms with van der Waals surface area (Å²) < 4.78 is 10.6. The average Bonchev–Trinajstić information content (AvgIpc) is 2.81. The molecule has 0 aliphatic carbocycles. The second kappa shape index (κ2) is 8.81. The van der Waals surface area contributed by atoms with Crippen molar-refractivity contribution in [1.82, 2.24) is 4.90 Å². The number of urea groups is 1. The Morgan fingerprint density at radius 2 is 1.89 bits per heavy atom. The molecule has 1 atom stereocenters. The van der Waals surface area contributed by atoms with E-state index >= 15 is 0 Å². The first-order valence-corrected chi connectivity index (χ1v) is 8.46. The molecule has 2 aromatic rings. The van der Waals surface area contributed by atoms with E-state index < -0.39 is 5.97 Å². The number of amides is 2. The molecule has 0 bridgehead atoms. The summed E-state index contributed by atoms with van der Waals surface area (Å²) in [4.78, 5) is 26.2. The zero-order valence-electron chi connectivity index (χ0n) is 15.6. The molecule has 6 nitrogen and oxygen atoms in total. The molecule has 1 aliphatic rings. The molecule has 0 radical (unpaired) electrons. The van der Waals surface area contributed by atoms with Crippen molar-refractivity contribution in [2.75, 3.05) is 19.0 Å². The Labute approximate surface area is 165 Å². The van der Waals surface area contributed by atoms with Crippen molar-refractivity contribution in [1.29, 1.82) is 0 Å². The van der Waals surface area contributed by atoms with Crippen LogP contribution in [0.1, 0.15) is 28.4 Å². The maximum absolute atomic E-state index is 12.7. The summed E-state index contributed by atoms with van der Waals surface area (Å²) in [6.07, 6.45) is 0. The van der Waals surface area contributed by atoms with E-state index in [0.717, 1.165) is 16.8 Å². The number of nitrogens with zero attached hydrogens (tertiary/aromatic N) is 1. The Balaban J connectivity index is 0.00000261. The van der Waals surface area contributed by atoms with Crippen LogP contribution < -0.4 is 10.1 Å². The Bertz CT molecular complexity index is 823. The van der Waals surface area contributed by atoms with Crippen molar-refractivity contribution < 1.29 is 19.1 Å². The van der Waals surface area contributed by atoms with Crippen LogP contribution in [0.25, 0.3) is 0 Å². The average molecular weight is 388 g/mol. The molecule has 7 heteroatoms. The standard InChI is InChI=1S/C20H22N2O4.H2S/c1-13-4-8-17(9-5-13)21-20(24)22-11-16-7-6-15(19(23)25-3)10-18(16)26-12-14(22)2;/h4-10,14H,11-12H2,1-3H3,(H,21,24);1H2/t14-;/m0./s1. The van der Waals surface area contributed by atoms with Gasteiger partial charge in [-0.05, 0) is 38.1 Å². The highest BCUT2D eigenvalue weighted by molar-refractivity contribution is 7.59. The largest absolute Gasteiger partial charge is 0.491 e. The number of fused-ring (bicyclic) bond motifs is 1. The number of rotatable bonds is 2. The number of hydrogen-bond acceptors (Lipinski definition) is 4. The van der Waals surface area contributed by atoms with Crippen molar-refractivity contribution in [3.63, 3.8) is 0 Å². The van der Waals surface area contributed by atoms with E-state index in [2.05, 4.69) is 5.32 Å². The predicted octanol–water partition coefficient (Wildman–Crippen LogP) is 3.71. The minimum atomic E-state index is -0.414. The summed E-state index contributed by atoms with van der Waals surface area (Å²) in [6.45, 7) is 4.68. The van der Waals surface area contributed by atoms with Gasteiger partial charge in [0.1, 0.15) is 12.4 Å². The molecule has 2 amide bonds. The molecule has 1 heterocycles. The molecule has 0 saturated carbocycles. The molecule has 0 spiro atoms. The fourth-order valence-corrected chi connectivity index (χ4v) is 2.81. The van der Waals surface area contributed by atoms with Crippen molar-refractivity contribution in [3.8, 4) is 5.75 Å². The molecule has 27 heavy (non-hydrogen) atoms. The molecular weight excluding hydrogens is 364 g/mol. The van der Waals surface area contributed by atoms with Gasteiger partial charge in [-0.1, -0.05) is 23.8 Å². The monoisotopic (exact) mass is 388 g/mol. The maximum Gasteiger partial charge on any atom is 0.337 e. The van der Waals surface area contributed by atoms with Crippen LogP contribution in [0.4, 0.5) is 10.5 Å². The Kier molecular flexibility index (Phi) is 6.74. The molecule has 1 N–H and O–H groups in total. The first kappa shape index (κ1) is 20.6. The Morgan fingerprint density at radius 1 is 1.19 bits per heavy atom. The van der Waals surface area contributed by atoms with Gasteiger partial charge in [0.05, 0.1) is 25.3 Å². The molecule has 0 aromatic heterocycles. The molecule has 0 fully saturated rings. The summed E-state index contributed by atoms with van der Waals surface area (Å²) in [6, 6.07) is 12.5. The van der Waals surface area contributed by atoms with Gasteiger partial charge >= 0.3 is 12.0 Å². The number of hydrogen-bond donors (Lipinski definition) is 1. The smallest absolute Gasteiger partial charge is 0.337 e. The van der Waals surface area contributed by atoms with Gasteiger partial charge in [0.2, 0.25) is 0 Å². The third-order valence-electron chi connectivity index (χ3n) is 4.40. The van der Waals surface area contributed by atoms with Crippen LogP contribution in [0.15, 0.2) is 42.5 Å². The van der Waals surface area contributed by atoms with Crippen LogP contribution in [0.2, 0.25) is 0 Å². The van der Waals surface area contributed by atoms with Gasteiger partial charge in [0.25, 0.3) is 0 Å². The Morgan fingerprint density at radius 3 is 2.56 bits per heavy atom. The normalized spacial score (nSPS) is 15.5. The van der Waals surface area contributed by atoms with Crippen molar-refractivity contribution in [3.05, 3.63) is 59.2 Å². The van der Waals surface area contributed by atoms with Gasteiger partial charge in [-0.2, -0.15) is 13.5 Å². The molecule has 0 unspecified atom stereocenters. The van der Waals surface area contributed by atoms with Gasteiger partial charge in [0.15, 0.2) is 0 Å². The van der Waals surface area contributed by atoms with E-state index in [1.54, 1.807) is 23.1 Å². The van der Waals surface area contributed by atoms with Gasteiger partial charge in [-0.3, -0.25) is 0 Å². The van der Waals surface area contributed by atoms with Gasteiger partial charge in [-0.25, -0.2) is 9.59 Å². The number of ether oxygens (including phenoxy) is 2. The number of nitrogens with one attached hydrogen (secondary N) is 1. The van der Waals surface area contributed by atoms with Crippen LogP contribution in [0.3, 0.4) is 0 Å². The lowest BCUT2D eigenvalue weighted by Crippen LogP contribution is -2.42. The molecule has 3 rings (SSSR count). The summed E-state index contributed by atoms with van der Waals surface area (Å²) >= 11 is 0. The van der Waals surface area contributed by atoms with Crippen molar-refractivity contribution in [2.24, 2.45) is 0 Å². The van der Waals surface area contributed by atoms with E-state index in [-0.39, 0.29) is 25.6 Å². The number of aryl methyl sites for hydroxylation is 1. The highest BCUT2D eigenvalue weighted by atomic mass is 32.1. The summed E-state index contributed by atoms with van der Waals surface area (Å²) in [5, 5.41) is 2.92. The first-order chi connectivity index (χ1) is 12.5. The molecule has 0 saturated heterocycles. The van der Waals surface area contributed by atoms with Crippen molar-refractivity contribution in [2.45, 2.75) is 26.4 Å². The highest BCUT2D eigenvalue weighted by Crippen LogP contribution is 2.27. The van der Waals surface area contributed by atoms with Crippen LogP contribution in [0.5, 0.6) is 5.75 Å². The summed E-state index contributed by atoms with van der Waals surface area (Å²) in [7, 11) is 1.34. The molecule has 1 aliphatic heterocycles. The SMILES string of the molecule is COC(=O)c1ccc2c(c1)OC[C@H](C)N(C(=O)Nc1ccc(C)cc1)C2.S. The van der Waals surface area contributed by atoms with Gasteiger partial charge < -0.3 is 19.7 Å². The summed E-state index contributed by atoms with van der Waals surface area (Å²) in [5.41, 5.74) is 3.16. The second-order valence-corrected chi connectivity index (χ2v) is 6.40. The van der Waals surface area contributed by atoms with E-state index in [9.17, 15) is 9.59 Å². The highest BCUT2D eigenvalue weighted by Gasteiger charge is 2.26. The predicted molar refractivity (Wildman–Crippen MR) is 109 cm³/mol. The first-order valence-electron chi connectivity index (χ1n) is 8.46. The van der Waals surface area contributed by atoms with E-state index in [1.165, 1.54) is 7.11 Å². The fourth-order valence-electron chi connectivity index (χ4n) is 2.81. The van der Waals surface area contributed by atoms with Gasteiger partial charge in [0, 0.05) is 11.3 Å². The second-order valence-electron chi connectivity index (χ2n) is 6.40. The number of anilines is 1. The summed E-state index contributed by atoms with van der Waals surface area (Å²) in [5.74, 6) is 0.188. The molecule has 2 aromatic carbocycles. The molecule has 144 valence electrons. The topological polar surface area (TPSA) is 67.9 Å².